The van der Waals surface area contributed by atoms with Crippen molar-refractivity contribution in [2.75, 3.05) is 0 Å². The van der Waals surface area contributed by atoms with Crippen LogP contribution in [-0.2, 0) is 0 Å². The molecule has 0 saturated carbocycles. The summed E-state index contributed by atoms with van der Waals surface area (Å²) in [5.41, 5.74) is 3.40. The van der Waals surface area contributed by atoms with Crippen molar-refractivity contribution in [3.63, 3.8) is 0 Å². The maximum absolute atomic E-state index is 4.67. The Labute approximate surface area is 191 Å². The van der Waals surface area contributed by atoms with Crippen LogP contribution in [0.3, 0.4) is 0 Å². The smallest absolute Gasteiger partial charge is 0.179 e. The lowest BCUT2D eigenvalue weighted by Crippen LogP contribution is -2.74. The highest BCUT2D eigenvalue weighted by molar-refractivity contribution is 7.19. The summed E-state index contributed by atoms with van der Waals surface area (Å²) < 4.78 is 0. The first-order valence-electron chi connectivity index (χ1n) is 11.0. The number of aromatic nitrogens is 1. The van der Waals surface area contributed by atoms with Gasteiger partial charge in [-0.05, 0) is 45.4 Å². The Morgan fingerprint density at radius 1 is 0.500 bits per heavy atom. The number of aryl methyl sites for hydroxylation is 1. The molecule has 0 bridgehead atoms. The van der Waals surface area contributed by atoms with E-state index in [-0.39, 0.29) is 0 Å². The van der Waals surface area contributed by atoms with Crippen LogP contribution < -0.4 is 20.7 Å². The highest BCUT2D eigenvalue weighted by Gasteiger charge is 2.41. The Balaban J connectivity index is 1.85. The molecule has 154 valence electrons. The number of rotatable bonds is 5. The lowest BCUT2D eigenvalue weighted by Gasteiger charge is -2.34. The van der Waals surface area contributed by atoms with Crippen molar-refractivity contribution in [3.05, 3.63) is 139 Å². The fraction of sp³-hybridized carbons (Fsp3) is 0.0333. The van der Waals surface area contributed by atoms with Gasteiger partial charge in [-0.15, -0.1) is 0 Å². The number of pyridine rings is 1. The summed E-state index contributed by atoms with van der Waals surface area (Å²) in [7, 11) is -2.51. The maximum atomic E-state index is 4.67. The average Bonchev–Trinajstić information content (AvgIpc) is 2.87. The van der Waals surface area contributed by atoms with E-state index in [9.17, 15) is 0 Å². The first-order chi connectivity index (χ1) is 15.8. The zero-order valence-corrected chi connectivity index (χ0v) is 19.1. The molecule has 0 spiro atoms. The Kier molecular flexibility index (Phi) is 5.53. The molecule has 4 aromatic carbocycles. The van der Waals surface area contributed by atoms with Crippen LogP contribution in [0, 0.1) is 6.92 Å². The molecule has 0 aliphatic rings. The van der Waals surface area contributed by atoms with Gasteiger partial charge in [0.1, 0.15) is 0 Å². The quantitative estimate of drug-likeness (QED) is 0.299. The molecule has 0 saturated heterocycles. The fourth-order valence-electron chi connectivity index (χ4n) is 4.67. The van der Waals surface area contributed by atoms with Crippen molar-refractivity contribution < 1.29 is 0 Å². The van der Waals surface area contributed by atoms with Crippen molar-refractivity contribution in [2.24, 2.45) is 0 Å². The summed E-state index contributed by atoms with van der Waals surface area (Å²) in [5, 5.41) is 5.51. The molecule has 0 aliphatic heterocycles. The second-order valence-electron chi connectivity index (χ2n) is 8.15. The van der Waals surface area contributed by atoms with E-state index in [1.165, 1.54) is 26.3 Å². The number of benzene rings is 4. The Hall–Kier alpha value is -3.75. The molecule has 1 aromatic heterocycles. The van der Waals surface area contributed by atoms with Crippen molar-refractivity contribution >= 4 is 28.8 Å². The molecule has 1 nitrogen and oxygen atoms in total. The van der Waals surface area contributed by atoms with E-state index < -0.39 is 8.07 Å². The molecule has 0 fully saturated rings. The fourth-order valence-corrected chi connectivity index (χ4v) is 9.47. The van der Waals surface area contributed by atoms with Gasteiger partial charge in [-0.3, -0.25) is 4.98 Å². The van der Waals surface area contributed by atoms with Gasteiger partial charge in [0.05, 0.1) is 5.69 Å². The molecule has 5 rings (SSSR count). The molecule has 32 heavy (non-hydrogen) atoms. The molecule has 0 amide bonds. The minimum absolute atomic E-state index is 1.02. The van der Waals surface area contributed by atoms with E-state index in [4.69, 9.17) is 0 Å². The van der Waals surface area contributed by atoms with Crippen molar-refractivity contribution in [3.8, 4) is 11.3 Å². The number of nitrogens with zero attached hydrogens (tertiary/aromatic N) is 1. The lowest BCUT2D eigenvalue weighted by molar-refractivity contribution is 1.29. The first-order valence-corrected chi connectivity index (χ1v) is 13.0. The monoisotopic (exact) mass is 427 g/mol. The van der Waals surface area contributed by atoms with Gasteiger partial charge < -0.3 is 0 Å². The third-order valence-corrected chi connectivity index (χ3v) is 10.9. The summed E-state index contributed by atoms with van der Waals surface area (Å²) in [6.45, 7) is 2.12. The summed E-state index contributed by atoms with van der Waals surface area (Å²) in [4.78, 5) is 4.67. The normalized spacial score (nSPS) is 11.3. The zero-order chi connectivity index (χ0) is 21.8. The molecular weight excluding hydrogens is 402 g/mol. The van der Waals surface area contributed by atoms with Crippen molar-refractivity contribution in [1.82, 2.24) is 4.98 Å². The van der Waals surface area contributed by atoms with Crippen LogP contribution in [0.1, 0.15) is 5.56 Å². The average molecular weight is 428 g/mol. The number of hydrogen-bond acceptors (Lipinski definition) is 1. The topological polar surface area (TPSA) is 12.9 Å². The third kappa shape index (κ3) is 3.59. The van der Waals surface area contributed by atoms with Crippen molar-refractivity contribution in [2.45, 2.75) is 6.92 Å². The first kappa shape index (κ1) is 20.2. The second kappa shape index (κ2) is 8.78. The Bertz CT molecular complexity index is 1220. The standard InChI is InChI=1S/C30H25NSi/c1-24-20-21-31-30(22-24)25-12-11-19-29(23-25)32(26-13-5-2-6-14-26,27-15-7-3-8-16-27)28-17-9-4-10-18-28/h2-23H,1H3. The summed E-state index contributed by atoms with van der Waals surface area (Å²) in [6, 6.07) is 46.3. The molecule has 0 unspecified atom stereocenters. The van der Waals surface area contributed by atoms with Gasteiger partial charge >= 0.3 is 0 Å². The maximum Gasteiger partial charge on any atom is 0.179 e. The van der Waals surface area contributed by atoms with Crippen molar-refractivity contribution in [1.29, 1.82) is 0 Å². The predicted octanol–water partition coefficient (Wildman–Crippen LogP) is 4.43. The molecular formula is C30H25NSi. The summed E-state index contributed by atoms with van der Waals surface area (Å²) >= 11 is 0. The van der Waals surface area contributed by atoms with Gasteiger partial charge in [0.25, 0.3) is 0 Å². The Morgan fingerprint density at radius 3 is 1.50 bits per heavy atom. The largest absolute Gasteiger partial charge is 0.256 e. The van der Waals surface area contributed by atoms with Crippen LogP contribution >= 0.6 is 0 Å². The Morgan fingerprint density at radius 2 is 1.00 bits per heavy atom. The molecule has 0 aliphatic carbocycles. The van der Waals surface area contributed by atoms with Gasteiger partial charge in [0.15, 0.2) is 8.07 Å². The minimum Gasteiger partial charge on any atom is -0.256 e. The van der Waals surface area contributed by atoms with Crippen LogP contribution in [0.5, 0.6) is 0 Å². The van der Waals surface area contributed by atoms with Crippen LogP contribution in [-0.4, -0.2) is 13.1 Å². The summed E-state index contributed by atoms with van der Waals surface area (Å²) in [5.74, 6) is 0. The van der Waals surface area contributed by atoms with Crippen LogP contribution in [0.2, 0.25) is 0 Å². The summed E-state index contributed by atoms with van der Waals surface area (Å²) in [6.07, 6.45) is 1.90. The van der Waals surface area contributed by atoms with Gasteiger partial charge in [-0.2, -0.15) is 0 Å². The van der Waals surface area contributed by atoms with E-state index in [1.807, 2.05) is 12.3 Å². The lowest BCUT2D eigenvalue weighted by atomic mass is 10.1. The van der Waals surface area contributed by atoms with E-state index in [0.29, 0.717) is 0 Å². The molecule has 1 heterocycles. The van der Waals surface area contributed by atoms with Gasteiger partial charge in [0, 0.05) is 11.8 Å². The molecule has 0 radical (unpaired) electrons. The van der Waals surface area contributed by atoms with E-state index in [1.54, 1.807) is 0 Å². The van der Waals surface area contributed by atoms with Gasteiger partial charge in [0.2, 0.25) is 0 Å². The second-order valence-corrected chi connectivity index (χ2v) is 12.0. The van der Waals surface area contributed by atoms with Crippen LogP contribution in [0.25, 0.3) is 11.3 Å². The highest BCUT2D eigenvalue weighted by Crippen LogP contribution is 2.18. The van der Waals surface area contributed by atoms with Gasteiger partial charge in [-0.1, -0.05) is 115 Å². The van der Waals surface area contributed by atoms with Gasteiger partial charge in [-0.25, -0.2) is 0 Å². The predicted molar refractivity (Wildman–Crippen MR) is 138 cm³/mol. The van der Waals surface area contributed by atoms with Crippen LogP contribution in [0.15, 0.2) is 134 Å². The molecule has 0 atom stereocenters. The molecule has 5 aromatic rings. The van der Waals surface area contributed by atoms with E-state index >= 15 is 0 Å². The van der Waals surface area contributed by atoms with Crippen LogP contribution in [0.4, 0.5) is 0 Å². The highest BCUT2D eigenvalue weighted by atomic mass is 28.3. The minimum atomic E-state index is -2.51. The number of hydrogen-bond donors (Lipinski definition) is 0. The van der Waals surface area contributed by atoms with E-state index in [0.717, 1.165) is 11.3 Å². The molecule has 0 N–H and O–H groups in total. The van der Waals surface area contributed by atoms with E-state index in [2.05, 4.69) is 133 Å². The third-order valence-electron chi connectivity index (χ3n) is 6.13. The SMILES string of the molecule is Cc1ccnc(-c2cccc([Si](c3ccccc3)(c3ccccc3)c3ccccc3)c2)c1. The molecule has 2 heteroatoms. The zero-order valence-electron chi connectivity index (χ0n) is 18.1.